The number of allylic oxidation sites excluding steroid dienone is 1. The zero-order valence-electron chi connectivity index (χ0n) is 10.4. The summed E-state index contributed by atoms with van der Waals surface area (Å²) in [6, 6.07) is 0. The van der Waals surface area contributed by atoms with Crippen LogP contribution in [0.3, 0.4) is 0 Å². The highest BCUT2D eigenvalue weighted by Gasteiger charge is 2.53. The Labute approximate surface area is 97.7 Å². The van der Waals surface area contributed by atoms with Gasteiger partial charge in [0, 0.05) is 12.8 Å². The van der Waals surface area contributed by atoms with Gasteiger partial charge in [-0.05, 0) is 43.9 Å². The molecule has 90 valence electrons. The monoisotopic (exact) mass is 222 g/mol. The molecule has 2 aliphatic carbocycles. The minimum Gasteiger partial charge on any atom is -0.389 e. The summed E-state index contributed by atoms with van der Waals surface area (Å²) in [6.45, 7) is 8.17. The summed E-state index contributed by atoms with van der Waals surface area (Å²) in [5.41, 5.74) is 0.324. The van der Waals surface area contributed by atoms with E-state index in [0.717, 1.165) is 31.3 Å². The summed E-state index contributed by atoms with van der Waals surface area (Å²) < 4.78 is 0. The number of rotatable bonds is 1. The average Bonchev–Trinajstić information content (AvgIpc) is 2.18. The fourth-order valence-corrected chi connectivity index (χ4v) is 3.38. The molecule has 0 aromatic heterocycles. The first-order valence-corrected chi connectivity index (χ1v) is 6.26. The van der Waals surface area contributed by atoms with Crippen LogP contribution < -0.4 is 0 Å². The van der Waals surface area contributed by atoms with Crippen molar-refractivity contribution in [3.05, 3.63) is 12.2 Å². The first-order valence-electron chi connectivity index (χ1n) is 6.26. The standard InChI is InChI=1S/C14H22O2/c1-10(2)11-4-6-13(3)7-5-12(15)9-14(13,16)8-11/h11,16H,1,4-9H2,2-3H3/t11-,13+,14+/m0/s1. The molecule has 0 aromatic rings. The smallest absolute Gasteiger partial charge is 0.135 e. The molecule has 0 unspecified atom stereocenters. The van der Waals surface area contributed by atoms with Gasteiger partial charge in [0.25, 0.3) is 0 Å². The lowest BCUT2D eigenvalue weighted by atomic mass is 9.54. The van der Waals surface area contributed by atoms with Crippen LogP contribution in [0.1, 0.15) is 52.4 Å². The molecule has 2 heteroatoms. The fraction of sp³-hybridized carbons (Fsp3) is 0.786. The van der Waals surface area contributed by atoms with Crippen molar-refractivity contribution < 1.29 is 9.90 Å². The first-order chi connectivity index (χ1) is 7.36. The number of carbonyl (C=O) groups excluding carboxylic acids is 1. The van der Waals surface area contributed by atoms with E-state index in [1.165, 1.54) is 0 Å². The van der Waals surface area contributed by atoms with Crippen LogP contribution >= 0.6 is 0 Å². The molecule has 0 aliphatic heterocycles. The number of hydrogen-bond acceptors (Lipinski definition) is 2. The van der Waals surface area contributed by atoms with E-state index >= 15 is 0 Å². The van der Waals surface area contributed by atoms with E-state index in [4.69, 9.17) is 0 Å². The van der Waals surface area contributed by atoms with E-state index in [-0.39, 0.29) is 11.2 Å². The maximum absolute atomic E-state index is 11.6. The van der Waals surface area contributed by atoms with E-state index in [2.05, 4.69) is 13.5 Å². The van der Waals surface area contributed by atoms with Gasteiger partial charge in [0.1, 0.15) is 5.78 Å². The Bertz CT molecular complexity index is 334. The van der Waals surface area contributed by atoms with Gasteiger partial charge in [-0.25, -0.2) is 0 Å². The Hall–Kier alpha value is -0.630. The third-order valence-electron chi connectivity index (χ3n) is 4.89. The number of carbonyl (C=O) groups is 1. The molecular formula is C14H22O2. The molecule has 0 amide bonds. The first kappa shape index (κ1) is 11.8. The van der Waals surface area contributed by atoms with E-state index in [9.17, 15) is 9.90 Å². The van der Waals surface area contributed by atoms with Crippen LogP contribution in [0.2, 0.25) is 0 Å². The second-order valence-corrected chi connectivity index (χ2v) is 6.09. The van der Waals surface area contributed by atoms with E-state index in [1.54, 1.807) is 0 Å². The number of hydrogen-bond donors (Lipinski definition) is 1. The van der Waals surface area contributed by atoms with Crippen LogP contribution in [-0.4, -0.2) is 16.5 Å². The van der Waals surface area contributed by atoms with Crippen molar-refractivity contribution in [3.8, 4) is 0 Å². The quantitative estimate of drug-likeness (QED) is 0.693. The van der Waals surface area contributed by atoms with Crippen LogP contribution in [0.4, 0.5) is 0 Å². The van der Waals surface area contributed by atoms with Gasteiger partial charge < -0.3 is 5.11 Å². The molecule has 1 N–H and O–H groups in total. The molecule has 2 saturated carbocycles. The summed E-state index contributed by atoms with van der Waals surface area (Å²) in [5.74, 6) is 0.617. The zero-order valence-corrected chi connectivity index (χ0v) is 10.4. The van der Waals surface area contributed by atoms with Gasteiger partial charge in [-0.15, -0.1) is 0 Å². The summed E-state index contributed by atoms with van der Waals surface area (Å²) >= 11 is 0. The molecule has 2 nitrogen and oxygen atoms in total. The van der Waals surface area contributed by atoms with Crippen molar-refractivity contribution >= 4 is 5.78 Å². The SMILES string of the molecule is C=C(C)[C@H]1CC[C@]2(C)CCC(=O)C[C@]2(O)C1. The lowest BCUT2D eigenvalue weighted by Crippen LogP contribution is -2.55. The Kier molecular flexibility index (Phi) is 2.73. The van der Waals surface area contributed by atoms with Gasteiger partial charge in [-0.3, -0.25) is 4.79 Å². The highest BCUT2D eigenvalue weighted by molar-refractivity contribution is 5.80. The van der Waals surface area contributed by atoms with Crippen LogP contribution in [0.15, 0.2) is 12.2 Å². The van der Waals surface area contributed by atoms with E-state index in [0.29, 0.717) is 18.8 Å². The lowest BCUT2D eigenvalue weighted by Gasteiger charge is -2.53. The maximum atomic E-state index is 11.6. The Morgan fingerprint density at radius 3 is 2.81 bits per heavy atom. The highest BCUT2D eigenvalue weighted by Crippen LogP contribution is 2.54. The van der Waals surface area contributed by atoms with Crippen molar-refractivity contribution in [2.24, 2.45) is 11.3 Å². The second kappa shape index (κ2) is 3.69. The van der Waals surface area contributed by atoms with Crippen molar-refractivity contribution in [2.45, 2.75) is 58.0 Å². The minimum atomic E-state index is -0.774. The highest BCUT2D eigenvalue weighted by atomic mass is 16.3. The van der Waals surface area contributed by atoms with Crippen molar-refractivity contribution in [3.63, 3.8) is 0 Å². The third-order valence-corrected chi connectivity index (χ3v) is 4.89. The molecule has 0 bridgehead atoms. The van der Waals surface area contributed by atoms with Crippen LogP contribution in [0.5, 0.6) is 0 Å². The van der Waals surface area contributed by atoms with Gasteiger partial charge in [-0.2, -0.15) is 0 Å². The van der Waals surface area contributed by atoms with Crippen LogP contribution in [-0.2, 0) is 4.79 Å². The Morgan fingerprint density at radius 1 is 1.50 bits per heavy atom. The molecule has 0 aromatic carbocycles. The zero-order chi connectivity index (χ0) is 12.0. The molecule has 2 fully saturated rings. The second-order valence-electron chi connectivity index (χ2n) is 6.09. The third kappa shape index (κ3) is 1.73. The normalized spacial score (nSPS) is 43.9. The molecule has 2 aliphatic rings. The van der Waals surface area contributed by atoms with Gasteiger partial charge >= 0.3 is 0 Å². The maximum Gasteiger partial charge on any atom is 0.135 e. The predicted molar refractivity (Wildman–Crippen MR) is 64.1 cm³/mol. The predicted octanol–water partition coefficient (Wildman–Crippen LogP) is 2.85. The van der Waals surface area contributed by atoms with Crippen molar-refractivity contribution in [1.82, 2.24) is 0 Å². The van der Waals surface area contributed by atoms with Gasteiger partial charge in [-0.1, -0.05) is 19.1 Å². The summed E-state index contributed by atoms with van der Waals surface area (Å²) in [7, 11) is 0. The minimum absolute atomic E-state index is 0.0488. The number of Topliss-reactive ketones (excluding diaryl/α,β-unsaturated/α-hetero) is 1. The number of fused-ring (bicyclic) bond motifs is 1. The fourth-order valence-electron chi connectivity index (χ4n) is 3.38. The van der Waals surface area contributed by atoms with Gasteiger partial charge in [0.15, 0.2) is 0 Å². The van der Waals surface area contributed by atoms with E-state index < -0.39 is 5.60 Å². The molecule has 0 radical (unpaired) electrons. The molecule has 2 rings (SSSR count). The van der Waals surface area contributed by atoms with Crippen LogP contribution in [0.25, 0.3) is 0 Å². The van der Waals surface area contributed by atoms with Crippen LogP contribution in [0, 0.1) is 11.3 Å². The topological polar surface area (TPSA) is 37.3 Å². The summed E-state index contributed by atoms with van der Waals surface area (Å²) in [4.78, 5) is 11.6. The molecule has 0 spiro atoms. The number of aliphatic hydroxyl groups is 1. The van der Waals surface area contributed by atoms with Crippen molar-refractivity contribution in [1.29, 1.82) is 0 Å². The molecular weight excluding hydrogens is 200 g/mol. The van der Waals surface area contributed by atoms with Gasteiger partial charge in [0.2, 0.25) is 0 Å². The molecule has 3 atom stereocenters. The molecule has 16 heavy (non-hydrogen) atoms. The summed E-state index contributed by atoms with van der Waals surface area (Å²) in [5, 5.41) is 10.8. The van der Waals surface area contributed by atoms with E-state index in [1.807, 2.05) is 6.92 Å². The molecule has 0 saturated heterocycles. The average molecular weight is 222 g/mol. The largest absolute Gasteiger partial charge is 0.389 e. The Morgan fingerprint density at radius 2 is 2.19 bits per heavy atom. The molecule has 0 heterocycles. The number of ketones is 1. The summed E-state index contributed by atoms with van der Waals surface area (Å²) in [6.07, 6.45) is 4.72. The lowest BCUT2D eigenvalue weighted by molar-refractivity contribution is -0.159. The Balaban J connectivity index is 2.23. The van der Waals surface area contributed by atoms with Gasteiger partial charge in [0.05, 0.1) is 5.60 Å². The van der Waals surface area contributed by atoms with Crippen molar-refractivity contribution in [2.75, 3.05) is 0 Å².